The molecule has 1 aliphatic rings. The van der Waals surface area contributed by atoms with Crippen molar-refractivity contribution in [3.05, 3.63) is 24.2 Å². The van der Waals surface area contributed by atoms with Crippen molar-refractivity contribution in [1.82, 2.24) is 4.90 Å². The van der Waals surface area contributed by atoms with Crippen LogP contribution in [0.4, 0.5) is 0 Å². The second kappa shape index (κ2) is 7.11. The molecular formula is C12H17NO3S2. The van der Waals surface area contributed by atoms with E-state index in [4.69, 9.17) is 9.52 Å². The molecule has 0 aliphatic carbocycles. The number of aliphatic hydroxyl groups excluding tert-OH is 1. The van der Waals surface area contributed by atoms with Crippen molar-refractivity contribution in [2.75, 3.05) is 30.4 Å². The Morgan fingerprint density at radius 3 is 3.17 bits per heavy atom. The highest BCUT2D eigenvalue weighted by molar-refractivity contribution is 7.99. The monoisotopic (exact) mass is 287 g/mol. The number of aliphatic hydroxyl groups is 1. The highest BCUT2D eigenvalue weighted by atomic mass is 32.2. The maximum absolute atomic E-state index is 12.0. The van der Waals surface area contributed by atoms with Crippen molar-refractivity contribution in [2.24, 2.45) is 0 Å². The third-order valence-electron chi connectivity index (χ3n) is 2.69. The van der Waals surface area contributed by atoms with Gasteiger partial charge >= 0.3 is 0 Å². The molecule has 6 heteroatoms. The van der Waals surface area contributed by atoms with Gasteiger partial charge in [0, 0.05) is 30.2 Å². The van der Waals surface area contributed by atoms with Gasteiger partial charge in [-0.1, -0.05) is 0 Å². The van der Waals surface area contributed by atoms with Gasteiger partial charge in [0.1, 0.15) is 11.1 Å². The van der Waals surface area contributed by atoms with Crippen LogP contribution in [0.15, 0.2) is 22.8 Å². The molecule has 4 nitrogen and oxygen atoms in total. The lowest BCUT2D eigenvalue weighted by molar-refractivity contribution is -0.132. The standard InChI is InChI=1S/C12H17NO3S2/c14-5-9-17-8-4-13-11(15)3-7-18-12(13)10-2-1-6-16-10/h1-2,6,12,14H,3-5,7-9H2. The predicted molar refractivity (Wildman–Crippen MR) is 74.6 cm³/mol. The van der Waals surface area contributed by atoms with Crippen LogP contribution >= 0.6 is 23.5 Å². The fourth-order valence-corrected chi connectivity index (χ4v) is 3.74. The van der Waals surface area contributed by atoms with Gasteiger partial charge in [-0.05, 0) is 12.1 Å². The molecule has 1 saturated heterocycles. The van der Waals surface area contributed by atoms with E-state index >= 15 is 0 Å². The minimum Gasteiger partial charge on any atom is -0.466 e. The van der Waals surface area contributed by atoms with E-state index in [-0.39, 0.29) is 17.9 Å². The van der Waals surface area contributed by atoms with Crippen molar-refractivity contribution in [1.29, 1.82) is 0 Å². The fraction of sp³-hybridized carbons (Fsp3) is 0.583. The van der Waals surface area contributed by atoms with Crippen LogP contribution in [-0.2, 0) is 4.79 Å². The SMILES string of the molecule is O=C1CCSC(c2ccco2)N1CCSCCO. The summed E-state index contributed by atoms with van der Waals surface area (Å²) in [5.41, 5.74) is 0. The Labute approximate surface area is 115 Å². The Morgan fingerprint density at radius 2 is 2.44 bits per heavy atom. The van der Waals surface area contributed by atoms with Gasteiger partial charge in [-0.2, -0.15) is 11.8 Å². The molecule has 1 unspecified atom stereocenters. The molecular weight excluding hydrogens is 270 g/mol. The Kier molecular flexibility index (Phi) is 5.46. The average molecular weight is 287 g/mol. The number of furan rings is 1. The van der Waals surface area contributed by atoms with Crippen molar-refractivity contribution in [3.63, 3.8) is 0 Å². The summed E-state index contributed by atoms with van der Waals surface area (Å²) in [6, 6.07) is 3.78. The first-order valence-electron chi connectivity index (χ1n) is 5.96. The van der Waals surface area contributed by atoms with Gasteiger partial charge in [-0.15, -0.1) is 11.8 Å². The third kappa shape index (κ3) is 3.46. The number of carbonyl (C=O) groups is 1. The molecule has 1 aliphatic heterocycles. The zero-order valence-corrected chi connectivity index (χ0v) is 11.7. The molecule has 1 aromatic heterocycles. The number of hydrogen-bond acceptors (Lipinski definition) is 5. The summed E-state index contributed by atoms with van der Waals surface area (Å²) in [6.45, 7) is 0.900. The van der Waals surface area contributed by atoms with E-state index in [9.17, 15) is 4.79 Å². The predicted octanol–water partition coefficient (Wildman–Crippen LogP) is 1.97. The van der Waals surface area contributed by atoms with Crippen LogP contribution in [0.2, 0.25) is 0 Å². The number of thioether (sulfide) groups is 2. The van der Waals surface area contributed by atoms with Crippen molar-refractivity contribution >= 4 is 29.4 Å². The molecule has 1 amide bonds. The molecule has 2 rings (SSSR count). The van der Waals surface area contributed by atoms with E-state index in [1.54, 1.807) is 29.8 Å². The number of carbonyl (C=O) groups excluding carboxylic acids is 1. The molecule has 100 valence electrons. The van der Waals surface area contributed by atoms with Crippen LogP contribution < -0.4 is 0 Å². The first kappa shape index (κ1) is 13.8. The number of nitrogens with zero attached hydrogens (tertiary/aromatic N) is 1. The summed E-state index contributed by atoms with van der Waals surface area (Å²) in [4.78, 5) is 13.9. The largest absolute Gasteiger partial charge is 0.466 e. The smallest absolute Gasteiger partial charge is 0.224 e. The molecule has 18 heavy (non-hydrogen) atoms. The summed E-state index contributed by atoms with van der Waals surface area (Å²) in [6.07, 6.45) is 2.25. The molecule has 1 aromatic rings. The third-order valence-corrected chi connectivity index (χ3v) is 4.88. The highest BCUT2D eigenvalue weighted by Gasteiger charge is 2.31. The number of hydrogen-bond donors (Lipinski definition) is 1. The normalized spacial score (nSPS) is 20.4. The van der Waals surface area contributed by atoms with Crippen LogP contribution in [0.25, 0.3) is 0 Å². The van der Waals surface area contributed by atoms with E-state index in [1.807, 2.05) is 17.0 Å². The molecule has 0 aromatic carbocycles. The number of rotatable bonds is 6. The average Bonchev–Trinajstić information content (AvgIpc) is 2.89. The Bertz CT molecular complexity index is 369. The molecule has 1 atom stereocenters. The topological polar surface area (TPSA) is 53.7 Å². The molecule has 2 heterocycles. The Morgan fingerprint density at radius 1 is 1.56 bits per heavy atom. The van der Waals surface area contributed by atoms with Crippen molar-refractivity contribution < 1.29 is 14.3 Å². The van der Waals surface area contributed by atoms with Crippen LogP contribution in [0.5, 0.6) is 0 Å². The maximum Gasteiger partial charge on any atom is 0.224 e. The zero-order valence-electron chi connectivity index (χ0n) is 10.1. The lowest BCUT2D eigenvalue weighted by Gasteiger charge is -2.33. The summed E-state index contributed by atoms with van der Waals surface area (Å²) >= 11 is 3.41. The first-order valence-corrected chi connectivity index (χ1v) is 8.16. The van der Waals surface area contributed by atoms with Gasteiger partial charge in [0.2, 0.25) is 5.91 Å². The van der Waals surface area contributed by atoms with Crippen LogP contribution in [-0.4, -0.2) is 46.3 Å². The molecule has 0 radical (unpaired) electrons. The first-order chi connectivity index (χ1) is 8.83. The molecule has 0 saturated carbocycles. The second-order valence-corrected chi connectivity index (χ2v) is 6.32. The van der Waals surface area contributed by atoms with Gasteiger partial charge in [0.05, 0.1) is 12.9 Å². The summed E-state index contributed by atoms with van der Waals surface area (Å²) in [5.74, 6) is 3.47. The van der Waals surface area contributed by atoms with Crippen LogP contribution in [0.3, 0.4) is 0 Å². The van der Waals surface area contributed by atoms with E-state index in [2.05, 4.69) is 0 Å². The Hall–Kier alpha value is -0.590. The van der Waals surface area contributed by atoms with Crippen LogP contribution in [0.1, 0.15) is 17.6 Å². The van der Waals surface area contributed by atoms with Crippen molar-refractivity contribution in [2.45, 2.75) is 11.8 Å². The molecule has 0 spiro atoms. The molecule has 0 bridgehead atoms. The van der Waals surface area contributed by atoms with E-state index in [0.29, 0.717) is 13.0 Å². The second-order valence-electron chi connectivity index (χ2n) is 3.91. The Balaban J connectivity index is 1.95. The summed E-state index contributed by atoms with van der Waals surface area (Å²) in [7, 11) is 0. The maximum atomic E-state index is 12.0. The summed E-state index contributed by atoms with van der Waals surface area (Å²) < 4.78 is 5.42. The minimum atomic E-state index is 0.0102. The fourth-order valence-electron chi connectivity index (χ4n) is 1.86. The van der Waals surface area contributed by atoms with Gasteiger partial charge < -0.3 is 14.4 Å². The van der Waals surface area contributed by atoms with Gasteiger partial charge in [-0.25, -0.2) is 0 Å². The van der Waals surface area contributed by atoms with Gasteiger partial charge in [0.15, 0.2) is 0 Å². The van der Waals surface area contributed by atoms with E-state index < -0.39 is 0 Å². The van der Waals surface area contributed by atoms with Gasteiger partial charge in [-0.3, -0.25) is 4.79 Å². The highest BCUT2D eigenvalue weighted by Crippen LogP contribution is 2.37. The summed E-state index contributed by atoms with van der Waals surface area (Å²) in [5, 5.41) is 8.75. The molecule has 1 N–H and O–H groups in total. The lowest BCUT2D eigenvalue weighted by atomic mass is 10.3. The zero-order chi connectivity index (χ0) is 12.8. The quantitative estimate of drug-likeness (QED) is 0.811. The van der Waals surface area contributed by atoms with Crippen molar-refractivity contribution in [3.8, 4) is 0 Å². The number of amides is 1. The minimum absolute atomic E-state index is 0.0102. The van der Waals surface area contributed by atoms with E-state index in [0.717, 1.165) is 23.0 Å². The lowest BCUT2D eigenvalue weighted by Crippen LogP contribution is -2.38. The molecule has 1 fully saturated rings. The van der Waals surface area contributed by atoms with E-state index in [1.165, 1.54) is 0 Å². The van der Waals surface area contributed by atoms with Gasteiger partial charge in [0.25, 0.3) is 0 Å². The van der Waals surface area contributed by atoms with Crippen LogP contribution in [0, 0.1) is 0 Å².